The fraction of sp³-hybridized carbons (Fsp3) is 0.882. The van der Waals surface area contributed by atoms with Crippen LogP contribution in [0.15, 0.2) is 0 Å². The molecule has 0 aromatic carbocycles. The molecule has 130 valence electrons. The zero-order valence-corrected chi connectivity index (χ0v) is 15.2. The van der Waals surface area contributed by atoms with Gasteiger partial charge in [0, 0.05) is 37.6 Å². The van der Waals surface area contributed by atoms with Gasteiger partial charge in [-0.05, 0) is 38.0 Å². The third-order valence-electron chi connectivity index (χ3n) is 4.55. The van der Waals surface area contributed by atoms with Gasteiger partial charge in [0.1, 0.15) is 5.82 Å². The van der Waals surface area contributed by atoms with Crippen molar-refractivity contribution in [3.05, 3.63) is 5.82 Å². The molecule has 2 aliphatic heterocycles. The number of hydrogen-bond acceptors (Lipinski definition) is 6. The predicted octanol–water partition coefficient (Wildman–Crippen LogP) is 3.29. The number of ether oxygens (including phenoxy) is 2. The Labute approximate surface area is 143 Å². The number of nitrogens with zero attached hydrogens (tertiary/aromatic N) is 3. The Morgan fingerprint density at radius 1 is 1.26 bits per heavy atom. The third-order valence-corrected chi connectivity index (χ3v) is 5.37. The Balaban J connectivity index is 1.40. The summed E-state index contributed by atoms with van der Waals surface area (Å²) in [5.41, 5.74) is 0. The van der Waals surface area contributed by atoms with Gasteiger partial charge in [-0.1, -0.05) is 13.8 Å². The van der Waals surface area contributed by atoms with Crippen molar-refractivity contribution in [1.29, 1.82) is 0 Å². The summed E-state index contributed by atoms with van der Waals surface area (Å²) in [6.07, 6.45) is 7.46. The van der Waals surface area contributed by atoms with Crippen molar-refractivity contribution in [1.82, 2.24) is 9.36 Å². The van der Waals surface area contributed by atoms with Crippen molar-refractivity contribution < 1.29 is 9.47 Å². The van der Waals surface area contributed by atoms with Crippen molar-refractivity contribution in [3.63, 3.8) is 0 Å². The van der Waals surface area contributed by atoms with Gasteiger partial charge in [0.2, 0.25) is 5.13 Å². The Hall–Kier alpha value is -0.720. The maximum absolute atomic E-state index is 6.08. The Kier molecular flexibility index (Phi) is 6.25. The Bertz CT molecular complexity index is 466. The van der Waals surface area contributed by atoms with Gasteiger partial charge in [-0.2, -0.15) is 4.37 Å². The lowest BCUT2D eigenvalue weighted by Gasteiger charge is -2.32. The molecular formula is C17H29N3O2S. The third kappa shape index (κ3) is 5.13. The summed E-state index contributed by atoms with van der Waals surface area (Å²) >= 11 is 1.54. The van der Waals surface area contributed by atoms with Gasteiger partial charge in [-0.15, -0.1) is 0 Å². The maximum atomic E-state index is 6.08. The molecule has 0 unspecified atom stereocenters. The first kappa shape index (κ1) is 17.1. The van der Waals surface area contributed by atoms with E-state index in [-0.39, 0.29) is 0 Å². The molecule has 0 radical (unpaired) electrons. The van der Waals surface area contributed by atoms with E-state index < -0.39 is 0 Å². The Morgan fingerprint density at radius 3 is 2.78 bits per heavy atom. The van der Waals surface area contributed by atoms with Crippen LogP contribution in [0.3, 0.4) is 0 Å². The van der Waals surface area contributed by atoms with E-state index in [1.807, 2.05) is 0 Å². The minimum atomic E-state index is 0.323. The lowest BCUT2D eigenvalue weighted by Crippen LogP contribution is -2.38. The zero-order valence-electron chi connectivity index (χ0n) is 14.4. The normalized spacial score (nSPS) is 23.6. The van der Waals surface area contributed by atoms with Crippen LogP contribution in [0.2, 0.25) is 0 Å². The van der Waals surface area contributed by atoms with E-state index in [2.05, 4.69) is 23.1 Å². The molecule has 5 nitrogen and oxygen atoms in total. The maximum Gasteiger partial charge on any atom is 0.205 e. The summed E-state index contributed by atoms with van der Waals surface area (Å²) in [6.45, 7) is 8.13. The SMILES string of the molecule is CC(C)Cc1nsc(N2CCC(OC[C@H]3CCCCO3)CC2)n1. The van der Waals surface area contributed by atoms with Crippen LogP contribution in [-0.2, 0) is 15.9 Å². The van der Waals surface area contributed by atoms with Gasteiger partial charge in [0.25, 0.3) is 0 Å². The number of hydrogen-bond donors (Lipinski definition) is 0. The van der Waals surface area contributed by atoms with Crippen LogP contribution in [0, 0.1) is 5.92 Å². The van der Waals surface area contributed by atoms with Gasteiger partial charge in [-0.3, -0.25) is 0 Å². The molecule has 6 heteroatoms. The fourth-order valence-corrected chi connectivity index (χ4v) is 3.96. The first-order chi connectivity index (χ1) is 11.2. The van der Waals surface area contributed by atoms with Gasteiger partial charge in [0.15, 0.2) is 0 Å². The minimum Gasteiger partial charge on any atom is -0.376 e. The standard InChI is InChI=1S/C17H29N3O2S/c1-13(2)11-16-18-17(23-19-16)20-8-6-14(7-9-20)22-12-15-5-3-4-10-21-15/h13-15H,3-12H2,1-2H3/t15-/m1/s1. The van der Waals surface area contributed by atoms with Crippen molar-refractivity contribution in [2.24, 2.45) is 5.92 Å². The largest absolute Gasteiger partial charge is 0.376 e. The highest BCUT2D eigenvalue weighted by Gasteiger charge is 2.24. The van der Waals surface area contributed by atoms with Crippen LogP contribution >= 0.6 is 11.5 Å². The number of rotatable bonds is 6. The molecule has 2 aliphatic rings. The average molecular weight is 340 g/mol. The van der Waals surface area contributed by atoms with E-state index in [4.69, 9.17) is 14.5 Å². The van der Waals surface area contributed by atoms with Gasteiger partial charge in [0.05, 0.1) is 18.8 Å². The highest BCUT2D eigenvalue weighted by Crippen LogP contribution is 2.24. The summed E-state index contributed by atoms with van der Waals surface area (Å²) in [7, 11) is 0. The molecule has 0 spiro atoms. The first-order valence-electron chi connectivity index (χ1n) is 9.01. The van der Waals surface area contributed by atoms with Crippen molar-refractivity contribution in [2.75, 3.05) is 31.2 Å². The van der Waals surface area contributed by atoms with E-state index in [0.717, 1.165) is 62.9 Å². The molecule has 1 atom stereocenters. The second kappa shape index (κ2) is 8.40. The molecule has 0 amide bonds. The molecule has 0 saturated carbocycles. The highest BCUT2D eigenvalue weighted by atomic mass is 32.1. The average Bonchev–Trinajstić information content (AvgIpc) is 3.02. The van der Waals surface area contributed by atoms with Crippen LogP contribution < -0.4 is 4.90 Å². The van der Waals surface area contributed by atoms with Crippen LogP contribution in [0.25, 0.3) is 0 Å². The molecule has 3 rings (SSSR count). The quantitative estimate of drug-likeness (QED) is 0.796. The molecule has 0 N–H and O–H groups in total. The van der Waals surface area contributed by atoms with E-state index in [0.29, 0.717) is 18.1 Å². The summed E-state index contributed by atoms with van der Waals surface area (Å²) < 4.78 is 16.3. The number of anilines is 1. The second-order valence-electron chi connectivity index (χ2n) is 7.10. The highest BCUT2D eigenvalue weighted by molar-refractivity contribution is 7.09. The Morgan fingerprint density at radius 2 is 2.09 bits per heavy atom. The molecule has 0 bridgehead atoms. The topological polar surface area (TPSA) is 47.5 Å². The molecule has 0 aliphatic carbocycles. The summed E-state index contributed by atoms with van der Waals surface area (Å²) in [6, 6.07) is 0. The predicted molar refractivity (Wildman–Crippen MR) is 93.2 cm³/mol. The van der Waals surface area contributed by atoms with Crippen LogP contribution in [0.4, 0.5) is 5.13 Å². The molecular weight excluding hydrogens is 310 g/mol. The number of aromatic nitrogens is 2. The molecule has 3 heterocycles. The molecule has 1 aromatic heterocycles. The molecule has 2 saturated heterocycles. The lowest BCUT2D eigenvalue weighted by atomic mass is 10.1. The first-order valence-corrected chi connectivity index (χ1v) is 9.79. The smallest absolute Gasteiger partial charge is 0.205 e. The second-order valence-corrected chi connectivity index (χ2v) is 7.83. The number of piperidine rings is 1. The van der Waals surface area contributed by atoms with Gasteiger partial charge in [-0.25, -0.2) is 4.98 Å². The fourth-order valence-electron chi connectivity index (χ4n) is 3.22. The molecule has 2 fully saturated rings. The lowest BCUT2D eigenvalue weighted by molar-refractivity contribution is -0.0672. The van der Waals surface area contributed by atoms with Crippen molar-refractivity contribution >= 4 is 16.7 Å². The summed E-state index contributed by atoms with van der Waals surface area (Å²) in [5, 5.41) is 1.08. The van der Waals surface area contributed by atoms with E-state index in [9.17, 15) is 0 Å². The summed E-state index contributed by atoms with van der Waals surface area (Å²) in [4.78, 5) is 7.05. The zero-order chi connectivity index (χ0) is 16.1. The molecule has 23 heavy (non-hydrogen) atoms. The van der Waals surface area contributed by atoms with E-state index in [1.54, 1.807) is 0 Å². The van der Waals surface area contributed by atoms with Crippen molar-refractivity contribution in [3.8, 4) is 0 Å². The van der Waals surface area contributed by atoms with Crippen LogP contribution in [0.1, 0.15) is 51.8 Å². The monoisotopic (exact) mass is 339 g/mol. The van der Waals surface area contributed by atoms with Crippen LogP contribution in [0.5, 0.6) is 0 Å². The van der Waals surface area contributed by atoms with Gasteiger partial charge >= 0.3 is 0 Å². The van der Waals surface area contributed by atoms with E-state index in [1.165, 1.54) is 24.4 Å². The minimum absolute atomic E-state index is 0.323. The summed E-state index contributed by atoms with van der Waals surface area (Å²) in [5.74, 6) is 1.60. The van der Waals surface area contributed by atoms with E-state index >= 15 is 0 Å². The van der Waals surface area contributed by atoms with Crippen molar-refractivity contribution in [2.45, 2.75) is 64.6 Å². The molecule has 1 aromatic rings. The van der Waals surface area contributed by atoms with Gasteiger partial charge < -0.3 is 14.4 Å². The van der Waals surface area contributed by atoms with Crippen LogP contribution in [-0.4, -0.2) is 47.9 Å².